The second kappa shape index (κ2) is 3.84. The minimum atomic E-state index is -0.788. The van der Waals surface area contributed by atoms with Gasteiger partial charge in [-0.2, -0.15) is 0 Å². The van der Waals surface area contributed by atoms with E-state index < -0.39 is 11.5 Å². The number of morpholine rings is 1. The van der Waals surface area contributed by atoms with Crippen LogP contribution in [-0.4, -0.2) is 61.0 Å². The van der Waals surface area contributed by atoms with Crippen LogP contribution in [0.2, 0.25) is 0 Å². The van der Waals surface area contributed by atoms with E-state index in [4.69, 9.17) is 9.47 Å². The fourth-order valence-corrected chi connectivity index (χ4v) is 2.10. The second-order valence-corrected chi connectivity index (χ2v) is 3.74. The van der Waals surface area contributed by atoms with Crippen molar-refractivity contribution >= 4 is 5.97 Å². The van der Waals surface area contributed by atoms with Gasteiger partial charge in [0.15, 0.2) is 0 Å². The number of ether oxygens (including phenoxy) is 2. The molecule has 1 N–H and O–H groups in total. The van der Waals surface area contributed by atoms with E-state index in [1.807, 2.05) is 4.90 Å². The van der Waals surface area contributed by atoms with E-state index >= 15 is 0 Å². The summed E-state index contributed by atoms with van der Waals surface area (Å²) >= 11 is 0. The predicted octanol–water partition coefficient (Wildman–Crippen LogP) is -0.438. The van der Waals surface area contributed by atoms with Crippen molar-refractivity contribution in [2.24, 2.45) is 0 Å². The fraction of sp³-hybridized carbons (Fsp3) is 0.889. The molecule has 2 heterocycles. The minimum Gasteiger partial charge on any atom is -0.480 e. The van der Waals surface area contributed by atoms with E-state index in [0.29, 0.717) is 45.9 Å². The van der Waals surface area contributed by atoms with Gasteiger partial charge in [0, 0.05) is 26.1 Å². The molecule has 0 bridgehead atoms. The minimum absolute atomic E-state index is 0.308. The molecule has 0 radical (unpaired) electrons. The Kier molecular flexibility index (Phi) is 2.71. The number of nitrogens with zero attached hydrogens (tertiary/aromatic N) is 1. The van der Waals surface area contributed by atoms with Gasteiger partial charge in [-0.1, -0.05) is 0 Å². The highest BCUT2D eigenvalue weighted by atomic mass is 16.5. The van der Waals surface area contributed by atoms with Crippen LogP contribution in [0, 0.1) is 0 Å². The summed E-state index contributed by atoms with van der Waals surface area (Å²) in [7, 11) is 0. The van der Waals surface area contributed by atoms with Crippen LogP contribution >= 0.6 is 0 Å². The Balaban J connectivity index is 2.12. The van der Waals surface area contributed by atoms with Crippen LogP contribution < -0.4 is 0 Å². The number of hydrogen-bond donors (Lipinski definition) is 1. The average molecular weight is 201 g/mol. The van der Waals surface area contributed by atoms with Crippen LogP contribution in [0.25, 0.3) is 0 Å². The molecule has 2 aliphatic heterocycles. The van der Waals surface area contributed by atoms with Crippen molar-refractivity contribution in [2.75, 3.05) is 39.5 Å². The van der Waals surface area contributed by atoms with Gasteiger partial charge in [0.1, 0.15) is 5.54 Å². The first-order valence-corrected chi connectivity index (χ1v) is 4.90. The molecule has 0 spiro atoms. The maximum absolute atomic E-state index is 11.3. The fourth-order valence-electron chi connectivity index (χ4n) is 2.10. The third-order valence-electron chi connectivity index (χ3n) is 3.02. The molecule has 2 aliphatic rings. The van der Waals surface area contributed by atoms with Gasteiger partial charge in [-0.15, -0.1) is 0 Å². The highest BCUT2D eigenvalue weighted by Gasteiger charge is 2.47. The maximum Gasteiger partial charge on any atom is 0.326 e. The molecule has 2 rings (SSSR count). The molecule has 1 atom stereocenters. The van der Waals surface area contributed by atoms with Gasteiger partial charge in [0.25, 0.3) is 0 Å². The van der Waals surface area contributed by atoms with Crippen molar-refractivity contribution in [3.63, 3.8) is 0 Å². The van der Waals surface area contributed by atoms with Crippen molar-refractivity contribution in [1.29, 1.82) is 0 Å². The lowest BCUT2D eigenvalue weighted by Crippen LogP contribution is -2.58. The summed E-state index contributed by atoms with van der Waals surface area (Å²) < 4.78 is 10.4. The smallest absolute Gasteiger partial charge is 0.326 e. The molecule has 0 amide bonds. The van der Waals surface area contributed by atoms with E-state index in [1.165, 1.54) is 0 Å². The molecule has 0 aromatic carbocycles. The van der Waals surface area contributed by atoms with Crippen LogP contribution in [0.15, 0.2) is 0 Å². The van der Waals surface area contributed by atoms with Gasteiger partial charge in [-0.25, -0.2) is 0 Å². The molecule has 14 heavy (non-hydrogen) atoms. The monoisotopic (exact) mass is 201 g/mol. The van der Waals surface area contributed by atoms with Crippen LogP contribution in [0.3, 0.4) is 0 Å². The Morgan fingerprint density at radius 1 is 1.21 bits per heavy atom. The van der Waals surface area contributed by atoms with Gasteiger partial charge < -0.3 is 14.6 Å². The van der Waals surface area contributed by atoms with Crippen molar-refractivity contribution in [1.82, 2.24) is 4.90 Å². The molecule has 1 unspecified atom stereocenters. The number of carboxylic acid groups (broad SMARTS) is 1. The maximum atomic E-state index is 11.3. The Bertz CT molecular complexity index is 219. The molecule has 2 saturated heterocycles. The normalized spacial score (nSPS) is 34.6. The standard InChI is InChI=1S/C9H15NO4/c11-8(12)9(1-4-14-7-9)10-2-5-13-6-3-10/h1-7H2,(H,11,12). The highest BCUT2D eigenvalue weighted by molar-refractivity contribution is 5.79. The largest absolute Gasteiger partial charge is 0.480 e. The Labute approximate surface area is 82.6 Å². The van der Waals surface area contributed by atoms with E-state index in [9.17, 15) is 9.90 Å². The Morgan fingerprint density at radius 3 is 2.43 bits per heavy atom. The molecular formula is C9H15NO4. The summed E-state index contributed by atoms with van der Waals surface area (Å²) in [6, 6.07) is 0. The third-order valence-corrected chi connectivity index (χ3v) is 3.02. The zero-order chi connectivity index (χ0) is 10.0. The number of carbonyl (C=O) groups is 1. The van der Waals surface area contributed by atoms with Gasteiger partial charge in [-0.05, 0) is 0 Å². The molecule has 80 valence electrons. The molecule has 5 heteroatoms. The number of aliphatic carboxylic acids is 1. The van der Waals surface area contributed by atoms with Gasteiger partial charge >= 0.3 is 5.97 Å². The van der Waals surface area contributed by atoms with Crippen molar-refractivity contribution in [3.05, 3.63) is 0 Å². The summed E-state index contributed by atoms with van der Waals surface area (Å²) in [5.41, 5.74) is -0.788. The second-order valence-electron chi connectivity index (χ2n) is 3.74. The summed E-state index contributed by atoms with van der Waals surface area (Å²) in [4.78, 5) is 13.2. The number of rotatable bonds is 2. The van der Waals surface area contributed by atoms with Gasteiger partial charge in [-0.3, -0.25) is 9.69 Å². The molecule has 5 nitrogen and oxygen atoms in total. The average Bonchev–Trinajstić information content (AvgIpc) is 2.69. The lowest BCUT2D eigenvalue weighted by Gasteiger charge is -2.38. The Hall–Kier alpha value is -0.650. The van der Waals surface area contributed by atoms with E-state index in [0.717, 1.165) is 0 Å². The lowest BCUT2D eigenvalue weighted by molar-refractivity contribution is -0.155. The summed E-state index contributed by atoms with van der Waals surface area (Å²) in [6.45, 7) is 3.47. The van der Waals surface area contributed by atoms with Gasteiger partial charge in [0.05, 0.1) is 19.8 Å². The SMILES string of the molecule is O=C(O)C1(N2CCOCC2)CCOC1. The zero-order valence-electron chi connectivity index (χ0n) is 8.07. The summed E-state index contributed by atoms with van der Waals surface area (Å²) in [5, 5.41) is 9.25. The lowest BCUT2D eigenvalue weighted by atomic mass is 9.96. The zero-order valence-corrected chi connectivity index (χ0v) is 8.07. The van der Waals surface area contributed by atoms with Crippen LogP contribution in [0.4, 0.5) is 0 Å². The van der Waals surface area contributed by atoms with Crippen molar-refractivity contribution in [2.45, 2.75) is 12.0 Å². The summed E-state index contributed by atoms with van der Waals surface area (Å²) in [5.74, 6) is -0.767. The van der Waals surface area contributed by atoms with E-state index in [1.54, 1.807) is 0 Å². The molecular weight excluding hydrogens is 186 g/mol. The van der Waals surface area contributed by atoms with Crippen LogP contribution in [0.5, 0.6) is 0 Å². The Morgan fingerprint density at radius 2 is 1.93 bits per heavy atom. The summed E-state index contributed by atoms with van der Waals surface area (Å²) in [6.07, 6.45) is 0.586. The van der Waals surface area contributed by atoms with E-state index in [2.05, 4.69) is 0 Å². The number of hydrogen-bond acceptors (Lipinski definition) is 4. The van der Waals surface area contributed by atoms with E-state index in [-0.39, 0.29) is 0 Å². The first kappa shape index (κ1) is 9.89. The predicted molar refractivity (Wildman–Crippen MR) is 48.2 cm³/mol. The molecule has 0 aliphatic carbocycles. The first-order chi connectivity index (χ1) is 6.76. The van der Waals surface area contributed by atoms with Gasteiger partial charge in [0.2, 0.25) is 0 Å². The molecule has 0 saturated carbocycles. The van der Waals surface area contributed by atoms with Crippen molar-refractivity contribution in [3.8, 4) is 0 Å². The van der Waals surface area contributed by atoms with Crippen LogP contribution in [0.1, 0.15) is 6.42 Å². The number of carboxylic acids is 1. The van der Waals surface area contributed by atoms with Crippen molar-refractivity contribution < 1.29 is 19.4 Å². The third kappa shape index (κ3) is 1.51. The van der Waals surface area contributed by atoms with Crippen LogP contribution in [-0.2, 0) is 14.3 Å². The first-order valence-electron chi connectivity index (χ1n) is 4.90. The molecule has 2 fully saturated rings. The topological polar surface area (TPSA) is 59.0 Å². The molecule has 0 aromatic rings. The highest BCUT2D eigenvalue weighted by Crippen LogP contribution is 2.27. The quantitative estimate of drug-likeness (QED) is 0.656. The molecule has 0 aromatic heterocycles.